The van der Waals surface area contributed by atoms with E-state index in [1.165, 1.54) is 25.9 Å². The molecule has 1 fully saturated rings. The summed E-state index contributed by atoms with van der Waals surface area (Å²) in [7, 11) is 4.08. The largest absolute Gasteiger partial charge is 0.373 e. The lowest BCUT2D eigenvalue weighted by molar-refractivity contribution is 0.220. The van der Waals surface area contributed by atoms with Gasteiger partial charge in [0.25, 0.3) is 0 Å². The zero-order valence-electron chi connectivity index (χ0n) is 14.1. The predicted octanol–water partition coefficient (Wildman–Crippen LogP) is 2.56. The second-order valence-corrected chi connectivity index (χ2v) is 6.15. The summed E-state index contributed by atoms with van der Waals surface area (Å²) in [4.78, 5) is 14.2. The number of hydrogen-bond donors (Lipinski definition) is 1. The average molecular weight is 291 g/mol. The Bertz CT molecular complexity index is 452. The van der Waals surface area contributed by atoms with Crippen LogP contribution in [-0.2, 0) is 0 Å². The SMILES string of the molecule is CCN1CCC(N(C)c2cc(NC)nc(C(C)C)n2)CC1. The van der Waals surface area contributed by atoms with Crippen LogP contribution >= 0.6 is 0 Å². The van der Waals surface area contributed by atoms with Crippen molar-refractivity contribution in [1.82, 2.24) is 14.9 Å². The maximum absolute atomic E-state index is 4.76. The van der Waals surface area contributed by atoms with Crippen molar-refractivity contribution in [2.24, 2.45) is 0 Å². The molecule has 0 unspecified atom stereocenters. The van der Waals surface area contributed by atoms with E-state index in [1.807, 2.05) is 7.05 Å². The van der Waals surface area contributed by atoms with Crippen LogP contribution in [0.15, 0.2) is 6.07 Å². The number of nitrogens with one attached hydrogen (secondary N) is 1. The molecule has 118 valence electrons. The van der Waals surface area contributed by atoms with Crippen molar-refractivity contribution in [1.29, 1.82) is 0 Å². The lowest BCUT2D eigenvalue weighted by Gasteiger charge is -2.37. The molecule has 2 rings (SSSR count). The summed E-state index contributed by atoms with van der Waals surface area (Å²) in [6.07, 6.45) is 2.42. The smallest absolute Gasteiger partial charge is 0.135 e. The molecule has 5 heteroatoms. The molecule has 0 bridgehead atoms. The number of aromatic nitrogens is 2. The van der Waals surface area contributed by atoms with Crippen LogP contribution in [0.1, 0.15) is 45.4 Å². The first-order valence-corrected chi connectivity index (χ1v) is 8.07. The zero-order chi connectivity index (χ0) is 15.4. The van der Waals surface area contributed by atoms with Crippen LogP contribution in [0.3, 0.4) is 0 Å². The molecule has 1 aliphatic heterocycles. The highest BCUT2D eigenvalue weighted by Crippen LogP contribution is 2.24. The van der Waals surface area contributed by atoms with Gasteiger partial charge in [-0.1, -0.05) is 20.8 Å². The lowest BCUT2D eigenvalue weighted by atomic mass is 10.0. The van der Waals surface area contributed by atoms with Gasteiger partial charge < -0.3 is 15.1 Å². The van der Waals surface area contributed by atoms with E-state index >= 15 is 0 Å². The van der Waals surface area contributed by atoms with E-state index in [4.69, 9.17) is 4.98 Å². The van der Waals surface area contributed by atoms with Crippen molar-refractivity contribution in [3.05, 3.63) is 11.9 Å². The van der Waals surface area contributed by atoms with Crippen molar-refractivity contribution in [2.75, 3.05) is 43.9 Å². The summed E-state index contributed by atoms with van der Waals surface area (Å²) in [5.41, 5.74) is 0. The fourth-order valence-electron chi connectivity index (χ4n) is 2.83. The molecule has 1 saturated heterocycles. The highest BCUT2D eigenvalue weighted by Gasteiger charge is 2.23. The minimum atomic E-state index is 0.340. The summed E-state index contributed by atoms with van der Waals surface area (Å²) < 4.78 is 0. The maximum atomic E-state index is 4.76. The Labute approximate surface area is 128 Å². The van der Waals surface area contributed by atoms with E-state index in [0.717, 1.165) is 24.0 Å². The molecule has 0 atom stereocenters. The van der Waals surface area contributed by atoms with Gasteiger partial charge in [0.05, 0.1) is 0 Å². The molecule has 1 aromatic rings. The van der Waals surface area contributed by atoms with Crippen LogP contribution in [0, 0.1) is 0 Å². The van der Waals surface area contributed by atoms with E-state index in [1.54, 1.807) is 0 Å². The minimum absolute atomic E-state index is 0.340. The van der Waals surface area contributed by atoms with Crippen LogP contribution in [-0.4, -0.2) is 54.6 Å². The Hall–Kier alpha value is -1.36. The summed E-state index contributed by atoms with van der Waals surface area (Å²) in [5.74, 6) is 3.19. The third kappa shape index (κ3) is 3.84. The first-order valence-electron chi connectivity index (χ1n) is 8.07. The van der Waals surface area contributed by atoms with E-state index in [9.17, 15) is 0 Å². The zero-order valence-corrected chi connectivity index (χ0v) is 14.1. The minimum Gasteiger partial charge on any atom is -0.373 e. The summed E-state index contributed by atoms with van der Waals surface area (Å²) in [6, 6.07) is 2.63. The lowest BCUT2D eigenvalue weighted by Crippen LogP contribution is -2.43. The Balaban J connectivity index is 2.15. The van der Waals surface area contributed by atoms with Crippen LogP contribution in [0.25, 0.3) is 0 Å². The quantitative estimate of drug-likeness (QED) is 0.903. The van der Waals surface area contributed by atoms with Crippen molar-refractivity contribution in [2.45, 2.75) is 45.6 Å². The van der Waals surface area contributed by atoms with Gasteiger partial charge in [-0.15, -0.1) is 0 Å². The second-order valence-electron chi connectivity index (χ2n) is 6.15. The molecular weight excluding hydrogens is 262 g/mol. The van der Waals surface area contributed by atoms with Crippen LogP contribution in [0.5, 0.6) is 0 Å². The number of nitrogens with zero attached hydrogens (tertiary/aromatic N) is 4. The molecule has 1 aromatic heterocycles. The summed E-state index contributed by atoms with van der Waals surface area (Å²) >= 11 is 0. The molecule has 0 aliphatic carbocycles. The summed E-state index contributed by atoms with van der Waals surface area (Å²) in [6.45, 7) is 10.0. The second kappa shape index (κ2) is 7.07. The van der Waals surface area contributed by atoms with E-state index in [-0.39, 0.29) is 0 Å². The fraction of sp³-hybridized carbons (Fsp3) is 0.750. The standard InChI is InChI=1S/C16H29N5/c1-6-21-9-7-13(8-10-21)20(5)15-11-14(17-4)18-16(19-15)12(2)3/h11-13H,6-10H2,1-5H3,(H,17,18,19). The van der Waals surface area contributed by atoms with Crippen molar-refractivity contribution >= 4 is 11.6 Å². The van der Waals surface area contributed by atoms with Gasteiger partial charge in [0.2, 0.25) is 0 Å². The van der Waals surface area contributed by atoms with Gasteiger partial charge in [-0.25, -0.2) is 9.97 Å². The molecule has 1 N–H and O–H groups in total. The average Bonchev–Trinajstić information content (AvgIpc) is 2.53. The third-order valence-electron chi connectivity index (χ3n) is 4.42. The van der Waals surface area contributed by atoms with Gasteiger partial charge in [0, 0.05) is 45.2 Å². The first-order chi connectivity index (χ1) is 10.0. The Morgan fingerprint density at radius 2 is 2.00 bits per heavy atom. The van der Waals surface area contributed by atoms with Gasteiger partial charge in [-0.2, -0.15) is 0 Å². The molecule has 1 aliphatic rings. The fourth-order valence-corrected chi connectivity index (χ4v) is 2.83. The molecule has 0 radical (unpaired) electrons. The number of piperidine rings is 1. The highest BCUT2D eigenvalue weighted by atomic mass is 15.2. The Morgan fingerprint density at radius 1 is 1.33 bits per heavy atom. The molecule has 5 nitrogen and oxygen atoms in total. The van der Waals surface area contributed by atoms with Gasteiger partial charge in [0.15, 0.2) is 0 Å². The Morgan fingerprint density at radius 3 is 2.52 bits per heavy atom. The molecular formula is C16H29N5. The third-order valence-corrected chi connectivity index (χ3v) is 4.42. The monoisotopic (exact) mass is 291 g/mol. The van der Waals surface area contributed by atoms with Crippen LogP contribution in [0.2, 0.25) is 0 Å². The molecule has 21 heavy (non-hydrogen) atoms. The van der Waals surface area contributed by atoms with Gasteiger partial charge >= 0.3 is 0 Å². The van der Waals surface area contributed by atoms with Crippen molar-refractivity contribution < 1.29 is 0 Å². The molecule has 0 aromatic carbocycles. The van der Waals surface area contributed by atoms with E-state index in [0.29, 0.717) is 12.0 Å². The van der Waals surface area contributed by atoms with Gasteiger partial charge in [-0.05, 0) is 19.4 Å². The predicted molar refractivity (Wildman–Crippen MR) is 89.2 cm³/mol. The summed E-state index contributed by atoms with van der Waals surface area (Å²) in [5, 5.41) is 3.15. The Kier molecular flexibility index (Phi) is 5.39. The topological polar surface area (TPSA) is 44.3 Å². The normalized spacial score (nSPS) is 17.2. The van der Waals surface area contributed by atoms with E-state index in [2.05, 4.69) is 54.0 Å². The van der Waals surface area contributed by atoms with Crippen LogP contribution < -0.4 is 10.2 Å². The van der Waals surface area contributed by atoms with Crippen molar-refractivity contribution in [3.8, 4) is 0 Å². The van der Waals surface area contributed by atoms with E-state index < -0.39 is 0 Å². The maximum Gasteiger partial charge on any atom is 0.135 e. The van der Waals surface area contributed by atoms with Crippen LogP contribution in [0.4, 0.5) is 11.6 Å². The number of rotatable bonds is 5. The van der Waals surface area contributed by atoms with Gasteiger partial charge in [-0.3, -0.25) is 0 Å². The molecule has 2 heterocycles. The van der Waals surface area contributed by atoms with Gasteiger partial charge in [0.1, 0.15) is 17.5 Å². The number of hydrogen-bond acceptors (Lipinski definition) is 5. The number of anilines is 2. The van der Waals surface area contributed by atoms with Crippen molar-refractivity contribution in [3.63, 3.8) is 0 Å². The highest BCUT2D eigenvalue weighted by molar-refractivity contribution is 5.49. The number of likely N-dealkylation sites (tertiary alicyclic amines) is 1. The first kappa shape index (κ1) is 16.0. The molecule has 0 spiro atoms. The molecule has 0 amide bonds. The molecule has 0 saturated carbocycles.